The lowest BCUT2D eigenvalue weighted by Gasteiger charge is -2.12. The van der Waals surface area contributed by atoms with Crippen molar-refractivity contribution in [2.75, 3.05) is 23.7 Å². The van der Waals surface area contributed by atoms with Crippen molar-refractivity contribution in [2.24, 2.45) is 0 Å². The Labute approximate surface area is 108 Å². The highest BCUT2D eigenvalue weighted by atomic mass is 32.2. The number of hydrogen-bond donors (Lipinski definition) is 0. The third-order valence-electron chi connectivity index (χ3n) is 2.70. The molecule has 0 bridgehead atoms. The van der Waals surface area contributed by atoms with E-state index in [0.29, 0.717) is 4.34 Å². The summed E-state index contributed by atoms with van der Waals surface area (Å²) in [6.07, 6.45) is 2.23. The van der Waals surface area contributed by atoms with Gasteiger partial charge >= 0.3 is 0 Å². The second-order valence-corrected chi connectivity index (χ2v) is 6.22. The Kier molecular flexibility index (Phi) is 4.19. The van der Waals surface area contributed by atoms with Gasteiger partial charge in [-0.05, 0) is 12.8 Å². The number of rotatable bonds is 5. The standard InChI is InChI=1S/C10H15F2N3S2/c1-2-10(11,12)7-16-9-14-13-8(17-9)15-5-3-4-6-15/h2-7H2,1H3. The highest BCUT2D eigenvalue weighted by Crippen LogP contribution is 2.33. The van der Waals surface area contributed by atoms with Gasteiger partial charge in [0.25, 0.3) is 5.92 Å². The Morgan fingerprint density at radius 3 is 2.71 bits per heavy atom. The monoisotopic (exact) mass is 279 g/mol. The molecule has 1 saturated heterocycles. The molecule has 3 nitrogen and oxygen atoms in total. The molecule has 96 valence electrons. The number of halogens is 2. The van der Waals surface area contributed by atoms with Crippen molar-refractivity contribution in [1.82, 2.24) is 10.2 Å². The highest BCUT2D eigenvalue weighted by molar-refractivity contribution is 8.01. The first-order chi connectivity index (χ1) is 8.11. The second-order valence-electron chi connectivity index (χ2n) is 4.04. The van der Waals surface area contributed by atoms with E-state index in [4.69, 9.17) is 0 Å². The molecule has 17 heavy (non-hydrogen) atoms. The van der Waals surface area contributed by atoms with Crippen molar-refractivity contribution < 1.29 is 8.78 Å². The molecule has 0 saturated carbocycles. The summed E-state index contributed by atoms with van der Waals surface area (Å²) in [5, 5.41) is 8.87. The van der Waals surface area contributed by atoms with Gasteiger partial charge in [-0.15, -0.1) is 10.2 Å². The largest absolute Gasteiger partial charge is 0.347 e. The minimum atomic E-state index is -2.61. The van der Waals surface area contributed by atoms with E-state index < -0.39 is 5.92 Å². The van der Waals surface area contributed by atoms with E-state index in [1.165, 1.54) is 31.1 Å². The van der Waals surface area contributed by atoms with Gasteiger partial charge in [-0.25, -0.2) is 8.78 Å². The lowest BCUT2D eigenvalue weighted by Crippen LogP contribution is -2.17. The summed E-state index contributed by atoms with van der Waals surface area (Å²) in [5.41, 5.74) is 0. The van der Waals surface area contributed by atoms with Crippen LogP contribution in [-0.4, -0.2) is 35.0 Å². The Morgan fingerprint density at radius 1 is 1.35 bits per heavy atom. The molecule has 2 heterocycles. The fourth-order valence-electron chi connectivity index (χ4n) is 1.57. The maximum Gasteiger partial charge on any atom is 0.257 e. The van der Waals surface area contributed by atoms with Crippen LogP contribution in [0, 0.1) is 0 Å². The summed E-state index contributed by atoms with van der Waals surface area (Å²) >= 11 is 2.51. The van der Waals surface area contributed by atoms with E-state index in [2.05, 4.69) is 15.1 Å². The molecular formula is C10H15F2N3S2. The van der Waals surface area contributed by atoms with E-state index in [-0.39, 0.29) is 12.2 Å². The van der Waals surface area contributed by atoms with Crippen LogP contribution < -0.4 is 4.90 Å². The third-order valence-corrected chi connectivity index (χ3v) is 4.97. The molecule has 7 heteroatoms. The average Bonchev–Trinajstić information content (AvgIpc) is 2.97. The minimum absolute atomic E-state index is 0.127. The molecular weight excluding hydrogens is 264 g/mol. The fraction of sp³-hybridized carbons (Fsp3) is 0.800. The highest BCUT2D eigenvalue weighted by Gasteiger charge is 2.27. The van der Waals surface area contributed by atoms with Crippen molar-refractivity contribution in [1.29, 1.82) is 0 Å². The SMILES string of the molecule is CCC(F)(F)CSc1nnc(N2CCCC2)s1. The quantitative estimate of drug-likeness (QED) is 0.774. The Morgan fingerprint density at radius 2 is 2.06 bits per heavy atom. The predicted octanol–water partition coefficient (Wildman–Crippen LogP) is 3.28. The molecule has 0 N–H and O–H groups in total. The van der Waals surface area contributed by atoms with E-state index in [0.717, 1.165) is 30.0 Å². The molecule has 0 spiro atoms. The lowest BCUT2D eigenvalue weighted by atomic mass is 10.3. The maximum absolute atomic E-state index is 13.1. The van der Waals surface area contributed by atoms with Crippen LogP contribution in [0.3, 0.4) is 0 Å². The van der Waals surface area contributed by atoms with Gasteiger partial charge in [0.1, 0.15) is 0 Å². The first-order valence-electron chi connectivity index (χ1n) is 5.70. The van der Waals surface area contributed by atoms with Crippen molar-refractivity contribution in [2.45, 2.75) is 36.4 Å². The summed E-state index contributed by atoms with van der Waals surface area (Å²) in [6, 6.07) is 0. The Hall–Kier alpha value is -0.430. The molecule has 1 fully saturated rings. The van der Waals surface area contributed by atoms with Gasteiger partial charge in [-0.3, -0.25) is 0 Å². The molecule has 0 amide bonds. The van der Waals surface area contributed by atoms with Gasteiger partial charge in [0, 0.05) is 19.5 Å². The van der Waals surface area contributed by atoms with Gasteiger partial charge < -0.3 is 4.90 Å². The Bertz CT molecular complexity index is 364. The fourth-order valence-corrected chi connectivity index (χ4v) is 3.47. The van der Waals surface area contributed by atoms with E-state index >= 15 is 0 Å². The van der Waals surface area contributed by atoms with Gasteiger partial charge in [0.15, 0.2) is 4.34 Å². The van der Waals surface area contributed by atoms with Crippen LogP contribution in [0.2, 0.25) is 0 Å². The summed E-state index contributed by atoms with van der Waals surface area (Å²) in [6.45, 7) is 3.51. The van der Waals surface area contributed by atoms with Crippen molar-refractivity contribution in [3.63, 3.8) is 0 Å². The van der Waals surface area contributed by atoms with E-state index in [9.17, 15) is 8.78 Å². The number of nitrogens with zero attached hydrogens (tertiary/aromatic N) is 3. The predicted molar refractivity (Wildman–Crippen MR) is 67.3 cm³/mol. The lowest BCUT2D eigenvalue weighted by molar-refractivity contribution is 0.0235. The number of aromatic nitrogens is 2. The molecule has 0 aliphatic carbocycles. The van der Waals surface area contributed by atoms with Gasteiger partial charge in [-0.1, -0.05) is 30.0 Å². The number of anilines is 1. The number of alkyl halides is 2. The van der Waals surface area contributed by atoms with Crippen molar-refractivity contribution in [3.8, 4) is 0 Å². The molecule has 0 atom stereocenters. The second kappa shape index (κ2) is 5.48. The van der Waals surface area contributed by atoms with Crippen LogP contribution in [0.15, 0.2) is 4.34 Å². The summed E-state index contributed by atoms with van der Waals surface area (Å²) < 4.78 is 26.8. The molecule has 2 rings (SSSR count). The van der Waals surface area contributed by atoms with E-state index in [1.807, 2.05) is 0 Å². The van der Waals surface area contributed by atoms with Gasteiger partial charge in [0.05, 0.1) is 5.75 Å². The van der Waals surface area contributed by atoms with Crippen molar-refractivity contribution >= 4 is 28.2 Å². The summed E-state index contributed by atoms with van der Waals surface area (Å²) in [5.74, 6) is -2.82. The van der Waals surface area contributed by atoms with Crippen LogP contribution in [-0.2, 0) is 0 Å². The molecule has 1 aliphatic heterocycles. The zero-order valence-electron chi connectivity index (χ0n) is 9.66. The van der Waals surface area contributed by atoms with Crippen molar-refractivity contribution in [3.05, 3.63) is 0 Å². The van der Waals surface area contributed by atoms with Crippen LogP contribution in [0.4, 0.5) is 13.9 Å². The van der Waals surface area contributed by atoms with Crippen LogP contribution in [0.1, 0.15) is 26.2 Å². The van der Waals surface area contributed by atoms with Gasteiger partial charge in [0.2, 0.25) is 5.13 Å². The first kappa shape index (κ1) is 13.0. The third kappa shape index (κ3) is 3.51. The minimum Gasteiger partial charge on any atom is -0.347 e. The van der Waals surface area contributed by atoms with Crippen LogP contribution in [0.5, 0.6) is 0 Å². The molecule has 1 aromatic rings. The number of hydrogen-bond acceptors (Lipinski definition) is 5. The molecule has 0 aromatic carbocycles. The molecule has 1 aromatic heterocycles. The smallest absolute Gasteiger partial charge is 0.257 e. The first-order valence-corrected chi connectivity index (χ1v) is 7.50. The number of thioether (sulfide) groups is 1. The van der Waals surface area contributed by atoms with Crippen LogP contribution >= 0.6 is 23.1 Å². The zero-order chi connectivity index (χ0) is 12.3. The molecule has 0 radical (unpaired) electrons. The normalized spacial score (nSPS) is 16.8. The van der Waals surface area contributed by atoms with E-state index in [1.54, 1.807) is 0 Å². The summed E-state index contributed by atoms with van der Waals surface area (Å²) in [4.78, 5) is 2.17. The van der Waals surface area contributed by atoms with Gasteiger partial charge in [-0.2, -0.15) is 0 Å². The molecule has 0 unspecified atom stereocenters. The maximum atomic E-state index is 13.1. The topological polar surface area (TPSA) is 29.0 Å². The summed E-state index contributed by atoms with van der Waals surface area (Å²) in [7, 11) is 0. The zero-order valence-corrected chi connectivity index (χ0v) is 11.3. The average molecular weight is 279 g/mol. The molecule has 1 aliphatic rings. The van der Waals surface area contributed by atoms with Crippen LogP contribution in [0.25, 0.3) is 0 Å². The Balaban J connectivity index is 1.90.